The van der Waals surface area contributed by atoms with Gasteiger partial charge in [0.15, 0.2) is 6.61 Å². The molecule has 1 aliphatic heterocycles. The lowest BCUT2D eigenvalue weighted by Crippen LogP contribution is -2.30. The molecule has 0 spiro atoms. The average molecular weight is 417 g/mol. The highest BCUT2D eigenvalue weighted by molar-refractivity contribution is 6.35. The molecule has 3 rings (SSSR count). The van der Waals surface area contributed by atoms with Crippen LogP contribution in [0.5, 0.6) is 0 Å². The van der Waals surface area contributed by atoms with Crippen LogP contribution in [0, 0.1) is 25.2 Å². The Balaban J connectivity index is 1.84. The largest absolute Gasteiger partial charge is 0.454 e. The van der Waals surface area contributed by atoms with Gasteiger partial charge in [0.25, 0.3) is 11.8 Å². The number of carbonyl (C=O) groups is 4. The second kappa shape index (κ2) is 8.24. The molecule has 0 saturated heterocycles. The lowest BCUT2D eigenvalue weighted by Gasteiger charge is -2.17. The van der Waals surface area contributed by atoms with Gasteiger partial charge in [0.05, 0.1) is 22.4 Å². The fourth-order valence-electron chi connectivity index (χ4n) is 3.20. The van der Waals surface area contributed by atoms with Gasteiger partial charge in [0.2, 0.25) is 5.78 Å². The zero-order chi connectivity index (χ0) is 22.9. The molecule has 2 N–H and O–H groups in total. The molecule has 0 saturated carbocycles. The Morgan fingerprint density at radius 2 is 1.74 bits per heavy atom. The number of amides is 2. The summed E-state index contributed by atoms with van der Waals surface area (Å²) < 4.78 is 4.95. The van der Waals surface area contributed by atoms with E-state index in [-0.39, 0.29) is 28.0 Å². The number of rotatable bonds is 5. The second-order valence-corrected chi connectivity index (χ2v) is 7.17. The van der Waals surface area contributed by atoms with E-state index in [1.807, 2.05) is 19.1 Å². The molecule has 0 fully saturated rings. The van der Waals surface area contributed by atoms with E-state index >= 15 is 0 Å². The normalized spacial score (nSPS) is 13.4. The zero-order valence-electron chi connectivity index (χ0n) is 17.2. The number of hydrogen-bond donors (Lipinski definition) is 1. The molecule has 0 bridgehead atoms. The summed E-state index contributed by atoms with van der Waals surface area (Å²) in [6.07, 6.45) is 0. The quantitative estimate of drug-likeness (QED) is 0.342. The number of nitrogens with zero attached hydrogens (tertiary/aromatic N) is 2. The highest BCUT2D eigenvalue weighted by Crippen LogP contribution is 2.31. The van der Waals surface area contributed by atoms with Crippen LogP contribution in [0.3, 0.4) is 0 Å². The van der Waals surface area contributed by atoms with Crippen molar-refractivity contribution in [3.05, 3.63) is 75.5 Å². The van der Waals surface area contributed by atoms with Crippen LogP contribution in [0.1, 0.15) is 49.1 Å². The number of allylic oxidation sites excluding steroid dienone is 1. The van der Waals surface area contributed by atoms with Crippen LogP contribution in [-0.4, -0.2) is 30.2 Å². The van der Waals surface area contributed by atoms with Gasteiger partial charge in [-0.3, -0.25) is 14.4 Å². The molecule has 0 aliphatic carbocycles. The lowest BCUT2D eigenvalue weighted by atomic mass is 10.1. The molecule has 0 unspecified atom stereocenters. The average Bonchev–Trinajstić information content (AvgIpc) is 2.98. The van der Waals surface area contributed by atoms with Gasteiger partial charge >= 0.3 is 5.97 Å². The summed E-state index contributed by atoms with van der Waals surface area (Å²) in [4.78, 5) is 51.2. The van der Waals surface area contributed by atoms with Gasteiger partial charge in [0.1, 0.15) is 11.6 Å². The Bertz CT molecular complexity index is 1220. The highest BCUT2D eigenvalue weighted by Gasteiger charge is 2.38. The number of anilines is 1. The Labute approximate surface area is 178 Å². The van der Waals surface area contributed by atoms with Crippen LogP contribution in [0.4, 0.5) is 5.69 Å². The fraction of sp³-hybridized carbons (Fsp3) is 0.174. The van der Waals surface area contributed by atoms with E-state index in [0.29, 0.717) is 5.69 Å². The number of ether oxygens (including phenoxy) is 1. The Morgan fingerprint density at radius 1 is 1.06 bits per heavy atom. The predicted octanol–water partition coefficient (Wildman–Crippen LogP) is 2.59. The van der Waals surface area contributed by atoms with E-state index in [0.717, 1.165) is 16.0 Å². The van der Waals surface area contributed by atoms with Crippen LogP contribution in [0.15, 0.2) is 47.7 Å². The number of imide groups is 1. The molecule has 31 heavy (non-hydrogen) atoms. The van der Waals surface area contributed by atoms with Crippen LogP contribution in [0.25, 0.3) is 0 Å². The highest BCUT2D eigenvalue weighted by atomic mass is 16.5. The molecule has 1 heterocycles. The number of fused-ring (bicyclic) bond motifs is 1. The number of hydrogen-bond acceptors (Lipinski definition) is 7. The SMILES string of the molecule is C/C(N)=C(/C#N)C(=O)COC(=O)c1ccc2c(c1)C(=O)N(c1cc(C)ccc1C)C2=O. The fourth-order valence-corrected chi connectivity index (χ4v) is 3.20. The van der Waals surface area contributed by atoms with Gasteiger partial charge in [0, 0.05) is 5.70 Å². The van der Waals surface area contributed by atoms with Crippen molar-refractivity contribution in [2.45, 2.75) is 20.8 Å². The summed E-state index contributed by atoms with van der Waals surface area (Å²) >= 11 is 0. The van der Waals surface area contributed by atoms with E-state index in [2.05, 4.69) is 0 Å². The number of Topliss-reactive ketones (excluding diaryl/α,β-unsaturated/α-hetero) is 1. The Kier molecular flexibility index (Phi) is 5.70. The van der Waals surface area contributed by atoms with Crippen molar-refractivity contribution in [1.29, 1.82) is 5.26 Å². The van der Waals surface area contributed by atoms with Gasteiger partial charge in [-0.2, -0.15) is 5.26 Å². The van der Waals surface area contributed by atoms with Crippen molar-refractivity contribution in [1.82, 2.24) is 0 Å². The summed E-state index contributed by atoms with van der Waals surface area (Å²) in [7, 11) is 0. The molecule has 2 aromatic carbocycles. The third-order valence-electron chi connectivity index (χ3n) is 4.85. The second-order valence-electron chi connectivity index (χ2n) is 7.17. The maximum atomic E-state index is 13.0. The molecule has 156 valence electrons. The number of nitriles is 1. The molecular weight excluding hydrogens is 398 g/mol. The van der Waals surface area contributed by atoms with E-state index in [1.165, 1.54) is 25.1 Å². The predicted molar refractivity (Wildman–Crippen MR) is 111 cm³/mol. The number of ketones is 1. The van der Waals surface area contributed by atoms with Crippen LogP contribution in [0.2, 0.25) is 0 Å². The van der Waals surface area contributed by atoms with Crippen molar-refractivity contribution in [2.75, 3.05) is 11.5 Å². The van der Waals surface area contributed by atoms with Gasteiger partial charge in [-0.15, -0.1) is 0 Å². The lowest BCUT2D eigenvalue weighted by molar-refractivity contribution is -0.118. The van der Waals surface area contributed by atoms with Gasteiger partial charge in [-0.25, -0.2) is 9.69 Å². The van der Waals surface area contributed by atoms with Gasteiger partial charge < -0.3 is 10.5 Å². The zero-order valence-corrected chi connectivity index (χ0v) is 17.2. The third kappa shape index (κ3) is 3.94. The number of benzene rings is 2. The number of carbonyl (C=O) groups excluding carboxylic acids is 4. The van der Waals surface area contributed by atoms with Crippen molar-refractivity contribution < 1.29 is 23.9 Å². The molecule has 0 radical (unpaired) electrons. The molecule has 0 aromatic heterocycles. The summed E-state index contributed by atoms with van der Waals surface area (Å²) in [6.45, 7) is 4.37. The standard InChI is InChI=1S/C23H19N3O5/c1-12-4-5-13(2)19(8-12)26-21(28)16-7-6-15(9-17(16)22(26)29)23(30)31-11-20(27)18(10-24)14(3)25/h4-9H,11,25H2,1-3H3/b18-14+. The van der Waals surface area contributed by atoms with E-state index in [4.69, 9.17) is 15.7 Å². The first-order valence-corrected chi connectivity index (χ1v) is 9.32. The van der Waals surface area contributed by atoms with E-state index in [9.17, 15) is 19.2 Å². The van der Waals surface area contributed by atoms with Crippen molar-refractivity contribution in [3.8, 4) is 6.07 Å². The summed E-state index contributed by atoms with van der Waals surface area (Å²) in [5, 5.41) is 8.94. The first-order chi connectivity index (χ1) is 14.6. The summed E-state index contributed by atoms with van der Waals surface area (Å²) in [5.74, 6) is -2.63. The van der Waals surface area contributed by atoms with Crippen LogP contribution >= 0.6 is 0 Å². The number of esters is 1. The number of aryl methyl sites for hydroxylation is 2. The van der Waals surface area contributed by atoms with Gasteiger partial charge in [-0.1, -0.05) is 12.1 Å². The number of nitrogens with two attached hydrogens (primary N) is 1. The third-order valence-corrected chi connectivity index (χ3v) is 4.85. The minimum atomic E-state index is -0.867. The minimum absolute atomic E-state index is 0.00229. The summed E-state index contributed by atoms with van der Waals surface area (Å²) in [5.41, 5.74) is 7.58. The smallest absolute Gasteiger partial charge is 0.338 e. The van der Waals surface area contributed by atoms with Crippen LogP contribution < -0.4 is 10.6 Å². The minimum Gasteiger partial charge on any atom is -0.454 e. The van der Waals surface area contributed by atoms with Crippen molar-refractivity contribution in [2.24, 2.45) is 5.73 Å². The molecule has 0 atom stereocenters. The maximum Gasteiger partial charge on any atom is 0.338 e. The molecule has 8 nitrogen and oxygen atoms in total. The van der Waals surface area contributed by atoms with Crippen molar-refractivity contribution in [3.63, 3.8) is 0 Å². The molecular formula is C23H19N3O5. The van der Waals surface area contributed by atoms with E-state index in [1.54, 1.807) is 19.1 Å². The first-order valence-electron chi connectivity index (χ1n) is 9.32. The van der Waals surface area contributed by atoms with Crippen LogP contribution in [-0.2, 0) is 9.53 Å². The summed E-state index contributed by atoms with van der Waals surface area (Å²) in [6, 6.07) is 11.1. The Hall–Kier alpha value is -4.25. The first kappa shape index (κ1) is 21.5. The Morgan fingerprint density at radius 3 is 2.39 bits per heavy atom. The molecule has 2 aromatic rings. The van der Waals surface area contributed by atoms with E-state index < -0.39 is 30.2 Å². The maximum absolute atomic E-state index is 13.0. The topological polar surface area (TPSA) is 131 Å². The molecule has 8 heteroatoms. The molecule has 1 aliphatic rings. The van der Waals surface area contributed by atoms with Gasteiger partial charge in [-0.05, 0) is 56.2 Å². The monoisotopic (exact) mass is 417 g/mol. The molecule has 2 amide bonds. The van der Waals surface area contributed by atoms with Crippen molar-refractivity contribution >= 4 is 29.3 Å².